The number of hydrogen-bond acceptors (Lipinski definition) is 4. The Labute approximate surface area is 114 Å². The molecule has 2 aromatic heterocycles. The number of amides is 1. The number of pyridine rings is 1. The maximum atomic E-state index is 11.4. The first-order valence-corrected chi connectivity index (χ1v) is 6.54. The van der Waals surface area contributed by atoms with Crippen molar-refractivity contribution in [3.63, 3.8) is 0 Å². The molecule has 0 radical (unpaired) electrons. The third-order valence-corrected chi connectivity index (χ3v) is 3.55. The highest BCUT2D eigenvalue weighted by atomic mass is 35.5. The smallest absolute Gasteiger partial charge is 0.269 e. The lowest BCUT2D eigenvalue weighted by molar-refractivity contribution is 0.0958. The van der Waals surface area contributed by atoms with Gasteiger partial charge in [-0.25, -0.2) is 0 Å². The van der Waals surface area contributed by atoms with E-state index in [0.29, 0.717) is 12.2 Å². The molecule has 0 aromatic carbocycles. The Bertz CT molecular complexity index is 556. The molecule has 0 saturated heterocycles. The fraction of sp³-hybridized carbons (Fsp3) is 0.167. The van der Waals surface area contributed by atoms with Crippen molar-refractivity contribution in [3.8, 4) is 0 Å². The van der Waals surface area contributed by atoms with Gasteiger partial charge in [-0.3, -0.25) is 9.78 Å². The number of carbonyl (C=O) groups is 1. The van der Waals surface area contributed by atoms with Crippen molar-refractivity contribution in [2.45, 2.75) is 6.54 Å². The Morgan fingerprint density at radius 1 is 1.44 bits per heavy atom. The zero-order valence-corrected chi connectivity index (χ0v) is 11.3. The molecule has 0 aliphatic heterocycles. The zero-order chi connectivity index (χ0) is 13.0. The standard InChI is InChI=1S/C12H12ClN3OS/c1-14-12(17)10-6-8(4-5-15-10)16-7-9-2-3-11(13)18-9/h2-6H,7H2,1H3,(H,14,17)(H,15,16). The Kier molecular flexibility index (Phi) is 4.17. The van der Waals surface area contributed by atoms with Crippen LogP contribution in [0.25, 0.3) is 0 Å². The van der Waals surface area contributed by atoms with Gasteiger partial charge in [-0.1, -0.05) is 11.6 Å². The summed E-state index contributed by atoms with van der Waals surface area (Å²) in [6, 6.07) is 7.38. The van der Waals surface area contributed by atoms with Crippen molar-refractivity contribution >= 4 is 34.5 Å². The first kappa shape index (κ1) is 12.9. The second-order valence-electron chi connectivity index (χ2n) is 3.57. The zero-order valence-electron chi connectivity index (χ0n) is 9.74. The number of rotatable bonds is 4. The van der Waals surface area contributed by atoms with Crippen molar-refractivity contribution < 1.29 is 4.79 Å². The number of anilines is 1. The molecule has 2 N–H and O–H groups in total. The molecular formula is C12H12ClN3OS. The molecule has 2 heterocycles. The monoisotopic (exact) mass is 281 g/mol. The largest absolute Gasteiger partial charge is 0.380 e. The van der Waals surface area contributed by atoms with E-state index in [4.69, 9.17) is 11.6 Å². The van der Waals surface area contributed by atoms with E-state index in [0.717, 1.165) is 14.9 Å². The lowest BCUT2D eigenvalue weighted by atomic mass is 10.3. The van der Waals surface area contributed by atoms with Crippen LogP contribution in [-0.2, 0) is 6.54 Å². The van der Waals surface area contributed by atoms with E-state index in [1.165, 1.54) is 11.3 Å². The molecule has 0 unspecified atom stereocenters. The molecular weight excluding hydrogens is 270 g/mol. The number of hydrogen-bond donors (Lipinski definition) is 2. The number of thiophene rings is 1. The van der Waals surface area contributed by atoms with Crippen LogP contribution in [0.2, 0.25) is 4.34 Å². The van der Waals surface area contributed by atoms with Crippen LogP contribution >= 0.6 is 22.9 Å². The van der Waals surface area contributed by atoms with Crippen LogP contribution < -0.4 is 10.6 Å². The molecule has 0 aliphatic rings. The van der Waals surface area contributed by atoms with Crippen molar-refractivity contribution in [2.75, 3.05) is 12.4 Å². The van der Waals surface area contributed by atoms with Crippen LogP contribution in [0, 0.1) is 0 Å². The van der Waals surface area contributed by atoms with E-state index in [1.54, 1.807) is 19.3 Å². The van der Waals surface area contributed by atoms with E-state index in [2.05, 4.69) is 15.6 Å². The first-order valence-electron chi connectivity index (χ1n) is 5.35. The van der Waals surface area contributed by atoms with Gasteiger partial charge in [-0.2, -0.15) is 0 Å². The summed E-state index contributed by atoms with van der Waals surface area (Å²) in [7, 11) is 1.58. The molecule has 2 aromatic rings. The second-order valence-corrected chi connectivity index (χ2v) is 5.37. The van der Waals surface area contributed by atoms with Crippen LogP contribution in [0.1, 0.15) is 15.4 Å². The normalized spacial score (nSPS) is 10.1. The van der Waals surface area contributed by atoms with Crippen LogP contribution in [-0.4, -0.2) is 17.9 Å². The van der Waals surface area contributed by atoms with Gasteiger partial charge in [-0.15, -0.1) is 11.3 Å². The van der Waals surface area contributed by atoms with E-state index >= 15 is 0 Å². The maximum absolute atomic E-state index is 11.4. The molecule has 1 amide bonds. The number of aromatic nitrogens is 1. The molecule has 0 fully saturated rings. The highest BCUT2D eigenvalue weighted by Gasteiger charge is 2.05. The Morgan fingerprint density at radius 2 is 2.28 bits per heavy atom. The molecule has 18 heavy (non-hydrogen) atoms. The molecule has 0 aliphatic carbocycles. The van der Waals surface area contributed by atoms with Gasteiger partial charge in [0.2, 0.25) is 0 Å². The van der Waals surface area contributed by atoms with Gasteiger partial charge in [0, 0.05) is 30.4 Å². The fourth-order valence-corrected chi connectivity index (χ4v) is 2.46. The molecule has 2 rings (SSSR count). The van der Waals surface area contributed by atoms with Crippen LogP contribution in [0.5, 0.6) is 0 Å². The average Bonchev–Trinajstić information content (AvgIpc) is 2.81. The predicted molar refractivity (Wildman–Crippen MR) is 74.3 cm³/mol. The SMILES string of the molecule is CNC(=O)c1cc(NCc2ccc(Cl)s2)ccn1. The van der Waals surface area contributed by atoms with Crippen LogP contribution in [0.15, 0.2) is 30.5 Å². The van der Waals surface area contributed by atoms with Gasteiger partial charge in [0.1, 0.15) is 5.69 Å². The quantitative estimate of drug-likeness (QED) is 0.906. The summed E-state index contributed by atoms with van der Waals surface area (Å²) in [6.07, 6.45) is 1.61. The highest BCUT2D eigenvalue weighted by molar-refractivity contribution is 7.16. The van der Waals surface area contributed by atoms with Gasteiger partial charge in [0.05, 0.1) is 4.34 Å². The van der Waals surface area contributed by atoms with Crippen molar-refractivity contribution in [2.24, 2.45) is 0 Å². The maximum Gasteiger partial charge on any atom is 0.269 e. The summed E-state index contributed by atoms with van der Waals surface area (Å²) >= 11 is 7.39. The number of carbonyl (C=O) groups excluding carboxylic acids is 1. The summed E-state index contributed by atoms with van der Waals surface area (Å²) in [5.74, 6) is -0.196. The minimum Gasteiger partial charge on any atom is -0.380 e. The highest BCUT2D eigenvalue weighted by Crippen LogP contribution is 2.22. The third kappa shape index (κ3) is 3.21. The van der Waals surface area contributed by atoms with Crippen LogP contribution in [0.4, 0.5) is 5.69 Å². The molecule has 0 atom stereocenters. The van der Waals surface area contributed by atoms with Gasteiger partial charge in [0.15, 0.2) is 0 Å². The second kappa shape index (κ2) is 5.84. The van der Waals surface area contributed by atoms with Gasteiger partial charge in [0.25, 0.3) is 5.91 Å². The Hall–Kier alpha value is -1.59. The molecule has 6 heteroatoms. The predicted octanol–water partition coefficient (Wildman–Crippen LogP) is 2.77. The summed E-state index contributed by atoms with van der Waals surface area (Å²) in [6.45, 7) is 0.675. The molecule has 94 valence electrons. The fourth-order valence-electron chi connectivity index (χ4n) is 1.43. The minimum atomic E-state index is -0.196. The lowest BCUT2D eigenvalue weighted by Gasteiger charge is -2.06. The Morgan fingerprint density at radius 3 is 2.94 bits per heavy atom. The molecule has 4 nitrogen and oxygen atoms in total. The van der Waals surface area contributed by atoms with E-state index in [9.17, 15) is 4.79 Å². The summed E-state index contributed by atoms with van der Waals surface area (Å²) in [4.78, 5) is 16.6. The van der Waals surface area contributed by atoms with Gasteiger partial charge >= 0.3 is 0 Å². The van der Waals surface area contributed by atoms with E-state index < -0.39 is 0 Å². The summed E-state index contributed by atoms with van der Waals surface area (Å²) in [5.41, 5.74) is 1.25. The molecule has 0 bridgehead atoms. The van der Waals surface area contributed by atoms with Gasteiger partial charge < -0.3 is 10.6 Å². The van der Waals surface area contributed by atoms with Crippen LogP contribution in [0.3, 0.4) is 0 Å². The number of nitrogens with zero attached hydrogens (tertiary/aromatic N) is 1. The molecule has 0 saturated carbocycles. The first-order chi connectivity index (χ1) is 8.69. The summed E-state index contributed by atoms with van der Waals surface area (Å²) in [5, 5.41) is 5.77. The average molecular weight is 282 g/mol. The lowest BCUT2D eigenvalue weighted by Crippen LogP contribution is -2.19. The van der Waals surface area contributed by atoms with Gasteiger partial charge in [-0.05, 0) is 24.3 Å². The van der Waals surface area contributed by atoms with Crippen molar-refractivity contribution in [1.29, 1.82) is 0 Å². The topological polar surface area (TPSA) is 54.0 Å². The molecule has 0 spiro atoms. The number of halogens is 1. The summed E-state index contributed by atoms with van der Waals surface area (Å²) < 4.78 is 0.771. The van der Waals surface area contributed by atoms with Crippen molar-refractivity contribution in [1.82, 2.24) is 10.3 Å². The number of nitrogens with one attached hydrogen (secondary N) is 2. The van der Waals surface area contributed by atoms with Crippen molar-refractivity contribution in [3.05, 3.63) is 45.4 Å². The minimum absolute atomic E-state index is 0.196. The Balaban J connectivity index is 2.03. The third-order valence-electron chi connectivity index (χ3n) is 2.32. The van der Waals surface area contributed by atoms with E-state index in [1.807, 2.05) is 18.2 Å². The van der Waals surface area contributed by atoms with E-state index in [-0.39, 0.29) is 5.91 Å².